The van der Waals surface area contributed by atoms with Crippen LogP contribution in [0.3, 0.4) is 0 Å². The third-order valence-corrected chi connectivity index (χ3v) is 6.07. The van der Waals surface area contributed by atoms with Crippen LogP contribution in [0.25, 0.3) is 0 Å². The highest BCUT2D eigenvalue weighted by Crippen LogP contribution is 2.46. The molecular formula is C26H25F9N2O3. The van der Waals surface area contributed by atoms with Crippen molar-refractivity contribution in [2.75, 3.05) is 4.90 Å². The van der Waals surface area contributed by atoms with E-state index < -0.39 is 76.9 Å². The number of fused-ring (bicyclic) bond motifs is 1. The molecule has 40 heavy (non-hydrogen) atoms. The number of halogens is 9. The van der Waals surface area contributed by atoms with E-state index >= 15 is 0 Å². The molecule has 0 radical (unpaired) electrons. The van der Waals surface area contributed by atoms with Crippen LogP contribution in [0.15, 0.2) is 36.4 Å². The number of carbonyl (C=O) groups is 2. The lowest BCUT2D eigenvalue weighted by Crippen LogP contribution is -2.45. The Hall–Kier alpha value is -3.45. The Morgan fingerprint density at radius 2 is 1.35 bits per heavy atom. The number of ether oxygens (including phenoxy) is 1. The molecule has 0 bridgehead atoms. The van der Waals surface area contributed by atoms with Gasteiger partial charge in [0.15, 0.2) is 0 Å². The minimum atomic E-state index is -5.10. The lowest BCUT2D eigenvalue weighted by molar-refractivity contribution is -0.143. The maximum Gasteiger partial charge on any atom is 0.416 e. The van der Waals surface area contributed by atoms with Crippen LogP contribution in [-0.2, 0) is 34.6 Å². The predicted octanol–water partition coefficient (Wildman–Crippen LogP) is 7.68. The fourth-order valence-electron chi connectivity index (χ4n) is 4.43. The lowest BCUT2D eigenvalue weighted by atomic mass is 9.91. The molecular weight excluding hydrogens is 559 g/mol. The highest BCUT2D eigenvalue weighted by molar-refractivity contribution is 5.98. The van der Waals surface area contributed by atoms with Gasteiger partial charge in [0.2, 0.25) is 5.91 Å². The maximum absolute atomic E-state index is 13.5. The van der Waals surface area contributed by atoms with Gasteiger partial charge in [0.05, 0.1) is 34.3 Å². The van der Waals surface area contributed by atoms with Crippen LogP contribution in [0.2, 0.25) is 0 Å². The smallest absolute Gasteiger partial charge is 0.416 e. The topological polar surface area (TPSA) is 58.6 Å². The van der Waals surface area contributed by atoms with Crippen LogP contribution in [0.1, 0.15) is 67.9 Å². The van der Waals surface area contributed by atoms with Gasteiger partial charge >= 0.3 is 24.6 Å². The van der Waals surface area contributed by atoms with Crippen LogP contribution in [0, 0.1) is 0 Å². The van der Waals surface area contributed by atoms with Crippen LogP contribution >= 0.6 is 0 Å². The molecule has 5 nitrogen and oxygen atoms in total. The third-order valence-electron chi connectivity index (χ3n) is 6.07. The largest absolute Gasteiger partial charge is 0.443 e. The molecule has 1 heterocycles. The van der Waals surface area contributed by atoms with Crippen molar-refractivity contribution in [3.63, 3.8) is 0 Å². The zero-order valence-corrected chi connectivity index (χ0v) is 21.6. The molecule has 14 heteroatoms. The molecule has 0 aromatic heterocycles. The Balaban J connectivity index is 2.00. The molecule has 1 N–H and O–H groups in total. The van der Waals surface area contributed by atoms with Crippen molar-refractivity contribution in [2.45, 2.75) is 76.8 Å². The first kappa shape index (κ1) is 31.1. The maximum atomic E-state index is 13.5. The number of benzene rings is 2. The predicted molar refractivity (Wildman–Crippen MR) is 125 cm³/mol. The van der Waals surface area contributed by atoms with E-state index in [0.29, 0.717) is 24.3 Å². The number of nitrogens with zero attached hydrogens (tertiary/aromatic N) is 1. The Morgan fingerprint density at radius 3 is 1.80 bits per heavy atom. The molecule has 1 aliphatic rings. The molecule has 2 amide bonds. The van der Waals surface area contributed by atoms with E-state index in [2.05, 4.69) is 5.32 Å². The van der Waals surface area contributed by atoms with Crippen molar-refractivity contribution in [3.05, 3.63) is 64.2 Å². The summed E-state index contributed by atoms with van der Waals surface area (Å²) in [5, 5.41) is 2.28. The number of nitrogens with one attached hydrogen (secondary N) is 1. The van der Waals surface area contributed by atoms with Gasteiger partial charge in [0.25, 0.3) is 0 Å². The molecule has 0 aliphatic carbocycles. The molecule has 0 unspecified atom stereocenters. The van der Waals surface area contributed by atoms with Crippen LogP contribution < -0.4 is 10.2 Å². The second-order valence-corrected chi connectivity index (χ2v) is 10.2. The number of amides is 2. The van der Waals surface area contributed by atoms with Gasteiger partial charge in [-0.05, 0) is 68.7 Å². The molecule has 2 aromatic rings. The zero-order valence-electron chi connectivity index (χ0n) is 21.6. The highest BCUT2D eigenvalue weighted by atomic mass is 19.4. The Kier molecular flexibility index (Phi) is 8.17. The summed E-state index contributed by atoms with van der Waals surface area (Å²) in [6.07, 6.45) is -15.9. The van der Waals surface area contributed by atoms with E-state index in [9.17, 15) is 49.1 Å². The average Bonchev–Trinajstić information content (AvgIpc) is 3.13. The zero-order chi connectivity index (χ0) is 30.4. The van der Waals surface area contributed by atoms with Gasteiger partial charge in [-0.2, -0.15) is 39.5 Å². The summed E-state index contributed by atoms with van der Waals surface area (Å²) in [6, 6.07) is 2.23. The van der Waals surface area contributed by atoms with Crippen LogP contribution in [-0.4, -0.2) is 23.6 Å². The van der Waals surface area contributed by atoms with Gasteiger partial charge in [-0.3, -0.25) is 9.69 Å². The molecule has 1 aliphatic heterocycles. The monoisotopic (exact) mass is 584 g/mol. The SMILES string of the molecule is CC[C@@H]1[C@@H](C(=O)NCc2cc(C(F)(F)F)cc(C(F)(F)F)c2)c2ccc(C(F)(F)F)cc2N1C(=O)OC(C)(C)C. The van der Waals surface area contributed by atoms with Crippen molar-refractivity contribution < 1.29 is 53.8 Å². The fraction of sp³-hybridized carbons (Fsp3) is 0.462. The molecule has 0 spiro atoms. The summed E-state index contributed by atoms with van der Waals surface area (Å²) in [4.78, 5) is 27.3. The minimum Gasteiger partial charge on any atom is -0.443 e. The molecule has 0 fully saturated rings. The van der Waals surface area contributed by atoms with E-state index in [0.717, 1.165) is 11.0 Å². The quantitative estimate of drug-likeness (QED) is 0.375. The summed E-state index contributed by atoms with van der Waals surface area (Å²) in [5.41, 5.74) is -6.01. The molecule has 0 saturated heterocycles. The first-order valence-corrected chi connectivity index (χ1v) is 11.9. The summed E-state index contributed by atoms with van der Waals surface area (Å²) in [7, 11) is 0. The second kappa shape index (κ2) is 10.5. The Morgan fingerprint density at radius 1 is 0.825 bits per heavy atom. The van der Waals surface area contributed by atoms with Gasteiger partial charge in [0, 0.05) is 6.54 Å². The Bertz CT molecular complexity index is 1250. The first-order valence-electron chi connectivity index (χ1n) is 11.9. The fourth-order valence-corrected chi connectivity index (χ4v) is 4.43. The first-order chi connectivity index (χ1) is 18.1. The van der Waals surface area contributed by atoms with Crippen molar-refractivity contribution in [1.29, 1.82) is 0 Å². The van der Waals surface area contributed by atoms with E-state index in [1.54, 1.807) is 6.92 Å². The van der Waals surface area contributed by atoms with Crippen LogP contribution in [0.4, 0.5) is 50.0 Å². The van der Waals surface area contributed by atoms with E-state index in [1.807, 2.05) is 0 Å². The standard InChI is InChI=1S/C26H25F9N2O3/c1-5-18-20(21(38)36-12-13-8-15(25(30,31)32)10-16(9-13)26(33,34)35)17-7-6-14(24(27,28)29)11-19(17)37(18)22(39)40-23(2,3)4/h6-11,18,20H,5,12H2,1-4H3,(H,36,38)/t18-,20+/m1/s1. The van der Waals surface area contributed by atoms with Crippen molar-refractivity contribution in [1.82, 2.24) is 5.32 Å². The second-order valence-electron chi connectivity index (χ2n) is 10.2. The van der Waals surface area contributed by atoms with E-state index in [4.69, 9.17) is 4.74 Å². The Labute approximate surface area is 223 Å². The number of alkyl halides is 9. The van der Waals surface area contributed by atoms with Gasteiger partial charge < -0.3 is 10.1 Å². The number of rotatable bonds is 4. The number of hydrogen-bond acceptors (Lipinski definition) is 3. The summed E-state index contributed by atoms with van der Waals surface area (Å²) in [6.45, 7) is 5.40. The number of carbonyl (C=O) groups excluding carboxylic acids is 2. The minimum absolute atomic E-state index is 0.0169. The van der Waals surface area contributed by atoms with Crippen molar-refractivity contribution in [2.24, 2.45) is 0 Å². The molecule has 0 saturated carbocycles. The van der Waals surface area contributed by atoms with Crippen LogP contribution in [0.5, 0.6) is 0 Å². The normalized spacial score (nSPS) is 18.0. The van der Waals surface area contributed by atoms with Crippen molar-refractivity contribution in [3.8, 4) is 0 Å². The van der Waals surface area contributed by atoms with Gasteiger partial charge in [-0.15, -0.1) is 0 Å². The van der Waals surface area contributed by atoms with E-state index in [-0.39, 0.29) is 23.7 Å². The van der Waals surface area contributed by atoms with Gasteiger partial charge in [-0.25, -0.2) is 4.79 Å². The summed E-state index contributed by atoms with van der Waals surface area (Å²) < 4.78 is 125. The van der Waals surface area contributed by atoms with Gasteiger partial charge in [0.1, 0.15) is 5.60 Å². The number of anilines is 1. The van der Waals surface area contributed by atoms with E-state index in [1.165, 1.54) is 20.8 Å². The lowest BCUT2D eigenvalue weighted by Gasteiger charge is -2.30. The summed E-state index contributed by atoms with van der Waals surface area (Å²) >= 11 is 0. The molecule has 220 valence electrons. The molecule has 3 rings (SSSR count). The number of hydrogen-bond donors (Lipinski definition) is 1. The van der Waals surface area contributed by atoms with Gasteiger partial charge in [-0.1, -0.05) is 13.0 Å². The summed E-state index contributed by atoms with van der Waals surface area (Å²) in [5.74, 6) is -2.20. The van der Waals surface area contributed by atoms with Crippen molar-refractivity contribution >= 4 is 17.7 Å². The molecule has 2 aromatic carbocycles. The molecule has 2 atom stereocenters. The highest BCUT2D eigenvalue weighted by Gasteiger charge is 2.47. The third kappa shape index (κ3) is 6.81. The average molecular weight is 584 g/mol.